The summed E-state index contributed by atoms with van der Waals surface area (Å²) in [5, 5.41) is 1.21. The largest absolute Gasteiger partial charge is 0.494 e. The lowest BCUT2D eigenvalue weighted by Gasteiger charge is -2.15. The van der Waals surface area contributed by atoms with Crippen LogP contribution in [0.25, 0.3) is 10.9 Å². The number of benzene rings is 1. The number of nitrogens with one attached hydrogen (secondary N) is 1. The second kappa shape index (κ2) is 3.62. The number of aryl methyl sites for hydroxylation is 1. The third-order valence-corrected chi connectivity index (χ3v) is 3.16. The fraction of sp³-hybridized carbons (Fsp3) is 0.385. The molecule has 0 saturated carbocycles. The Kier molecular flexibility index (Phi) is 2.31. The summed E-state index contributed by atoms with van der Waals surface area (Å²) in [6.45, 7) is 6.84. The number of hydrogen-bond donors (Lipinski definition) is 1. The number of aromatic amines is 1. The van der Waals surface area contributed by atoms with Gasteiger partial charge < -0.3 is 14.3 Å². The first-order valence-corrected chi connectivity index (χ1v) is 5.92. The highest BCUT2D eigenvalue weighted by atomic mass is 16.7. The molecule has 1 aliphatic rings. The third kappa shape index (κ3) is 1.87. The Morgan fingerprint density at radius 2 is 2.18 bits per heavy atom. The highest BCUT2D eigenvalue weighted by molar-refractivity contribution is 6.62. The van der Waals surface area contributed by atoms with E-state index in [4.69, 9.17) is 9.31 Å². The maximum absolute atomic E-state index is 5.88. The number of hydrogen-bond acceptors (Lipinski definition) is 2. The van der Waals surface area contributed by atoms with E-state index >= 15 is 0 Å². The Hall–Kier alpha value is -1.26. The van der Waals surface area contributed by atoms with Gasteiger partial charge in [-0.2, -0.15) is 0 Å². The average molecular weight is 229 g/mol. The molecule has 88 valence electrons. The number of fused-ring (bicyclic) bond motifs is 1. The maximum Gasteiger partial charge on any atom is 0.494 e. The van der Waals surface area contributed by atoms with E-state index in [1.165, 1.54) is 16.5 Å². The lowest BCUT2D eigenvalue weighted by Crippen LogP contribution is -2.34. The molecular formula is C13H16BNO2. The van der Waals surface area contributed by atoms with Crippen molar-refractivity contribution < 1.29 is 9.31 Å². The van der Waals surface area contributed by atoms with Crippen molar-refractivity contribution in [1.29, 1.82) is 0 Å². The van der Waals surface area contributed by atoms with Gasteiger partial charge >= 0.3 is 7.12 Å². The van der Waals surface area contributed by atoms with Gasteiger partial charge in [0, 0.05) is 11.7 Å². The molecule has 2 heterocycles. The van der Waals surface area contributed by atoms with Crippen LogP contribution < -0.4 is 5.46 Å². The van der Waals surface area contributed by atoms with Gasteiger partial charge in [-0.3, -0.25) is 0 Å². The SMILES string of the molecule is Cc1cc(B2OCC(C)(C)O2)cc2cc[nH]c12. The molecule has 0 amide bonds. The van der Waals surface area contributed by atoms with Crippen LogP contribution >= 0.6 is 0 Å². The van der Waals surface area contributed by atoms with Crippen molar-refractivity contribution in [2.24, 2.45) is 0 Å². The Balaban J connectivity index is 2.01. The summed E-state index contributed by atoms with van der Waals surface area (Å²) in [6.07, 6.45) is 1.96. The summed E-state index contributed by atoms with van der Waals surface area (Å²) in [7, 11) is -0.233. The van der Waals surface area contributed by atoms with Crippen molar-refractivity contribution in [3.05, 3.63) is 30.0 Å². The lowest BCUT2D eigenvalue weighted by atomic mass is 9.78. The van der Waals surface area contributed by atoms with Gasteiger partial charge in [0.05, 0.1) is 12.2 Å². The molecule has 1 aromatic carbocycles. The third-order valence-electron chi connectivity index (χ3n) is 3.16. The zero-order valence-electron chi connectivity index (χ0n) is 10.4. The molecule has 17 heavy (non-hydrogen) atoms. The molecule has 1 saturated heterocycles. The Bertz CT molecular complexity index is 562. The number of H-pyrrole nitrogens is 1. The van der Waals surface area contributed by atoms with Gasteiger partial charge in [0.15, 0.2) is 0 Å². The summed E-state index contributed by atoms with van der Waals surface area (Å²) < 4.78 is 11.6. The Labute approximate surface area is 101 Å². The Morgan fingerprint density at radius 1 is 1.35 bits per heavy atom. The minimum atomic E-state index is -0.233. The minimum Gasteiger partial charge on any atom is -0.404 e. The molecule has 1 aromatic heterocycles. The molecular weight excluding hydrogens is 213 g/mol. The van der Waals surface area contributed by atoms with Crippen molar-refractivity contribution >= 4 is 23.5 Å². The van der Waals surface area contributed by atoms with Gasteiger partial charge in [-0.25, -0.2) is 0 Å². The number of aromatic nitrogens is 1. The zero-order valence-corrected chi connectivity index (χ0v) is 10.4. The lowest BCUT2D eigenvalue weighted by molar-refractivity contribution is 0.137. The fourth-order valence-corrected chi connectivity index (χ4v) is 2.32. The first-order chi connectivity index (χ1) is 8.05. The summed E-state index contributed by atoms with van der Waals surface area (Å²) >= 11 is 0. The van der Waals surface area contributed by atoms with E-state index in [0.717, 1.165) is 5.46 Å². The summed E-state index contributed by atoms with van der Waals surface area (Å²) in [6, 6.07) is 6.34. The van der Waals surface area contributed by atoms with Gasteiger partial charge in [-0.1, -0.05) is 12.1 Å². The first kappa shape index (κ1) is 10.9. The van der Waals surface area contributed by atoms with E-state index < -0.39 is 0 Å². The average Bonchev–Trinajstić information content (AvgIpc) is 2.84. The van der Waals surface area contributed by atoms with Crippen LogP contribution in [0, 0.1) is 6.92 Å². The summed E-state index contributed by atoms with van der Waals surface area (Å²) in [5.41, 5.74) is 3.32. The van der Waals surface area contributed by atoms with Crippen LogP contribution in [-0.4, -0.2) is 24.3 Å². The van der Waals surface area contributed by atoms with Crippen molar-refractivity contribution in [2.75, 3.05) is 6.61 Å². The maximum atomic E-state index is 5.88. The summed E-state index contributed by atoms with van der Waals surface area (Å²) in [5.74, 6) is 0. The molecule has 0 radical (unpaired) electrons. The van der Waals surface area contributed by atoms with Gasteiger partial charge in [-0.15, -0.1) is 0 Å². The summed E-state index contributed by atoms with van der Waals surface area (Å²) in [4.78, 5) is 3.24. The van der Waals surface area contributed by atoms with E-state index in [0.29, 0.717) is 6.61 Å². The van der Waals surface area contributed by atoms with Crippen molar-refractivity contribution in [1.82, 2.24) is 4.98 Å². The van der Waals surface area contributed by atoms with E-state index in [9.17, 15) is 0 Å². The molecule has 3 rings (SSSR count). The quantitative estimate of drug-likeness (QED) is 0.759. The molecule has 0 atom stereocenters. The molecule has 2 aromatic rings. The normalized spacial score (nSPS) is 19.1. The smallest absolute Gasteiger partial charge is 0.404 e. The van der Waals surface area contributed by atoms with Crippen LogP contribution in [0.2, 0.25) is 0 Å². The molecule has 0 unspecified atom stereocenters. The van der Waals surface area contributed by atoms with Crippen LogP contribution in [0.5, 0.6) is 0 Å². The molecule has 0 spiro atoms. The standard InChI is InChI=1S/C13H16BNO2/c1-9-6-11(7-10-4-5-15-12(9)10)14-16-8-13(2,3)17-14/h4-7,15H,8H2,1-3H3. The molecule has 0 bridgehead atoms. The van der Waals surface area contributed by atoms with Crippen LogP contribution in [0.4, 0.5) is 0 Å². The monoisotopic (exact) mass is 229 g/mol. The predicted molar refractivity (Wildman–Crippen MR) is 69.5 cm³/mol. The van der Waals surface area contributed by atoms with Crippen molar-refractivity contribution in [3.63, 3.8) is 0 Å². The van der Waals surface area contributed by atoms with Gasteiger partial charge in [0.2, 0.25) is 0 Å². The first-order valence-electron chi connectivity index (χ1n) is 5.92. The van der Waals surface area contributed by atoms with Crippen molar-refractivity contribution in [2.45, 2.75) is 26.4 Å². The molecule has 1 fully saturated rings. The van der Waals surface area contributed by atoms with E-state index in [-0.39, 0.29) is 12.7 Å². The molecule has 1 aliphatic heterocycles. The van der Waals surface area contributed by atoms with E-state index in [1.54, 1.807) is 0 Å². The van der Waals surface area contributed by atoms with Crippen LogP contribution in [0.3, 0.4) is 0 Å². The zero-order chi connectivity index (χ0) is 12.0. The highest BCUT2D eigenvalue weighted by Gasteiger charge is 2.38. The molecule has 4 heteroatoms. The van der Waals surface area contributed by atoms with Gasteiger partial charge in [-0.05, 0) is 43.3 Å². The second-order valence-corrected chi connectivity index (χ2v) is 5.30. The van der Waals surface area contributed by atoms with Crippen LogP contribution in [0.15, 0.2) is 24.4 Å². The molecule has 0 aliphatic carbocycles. The molecule has 1 N–H and O–H groups in total. The van der Waals surface area contributed by atoms with Crippen LogP contribution in [0.1, 0.15) is 19.4 Å². The predicted octanol–water partition coefficient (Wildman–Crippen LogP) is 2.00. The topological polar surface area (TPSA) is 34.2 Å². The van der Waals surface area contributed by atoms with Gasteiger partial charge in [0.25, 0.3) is 0 Å². The van der Waals surface area contributed by atoms with Gasteiger partial charge in [0.1, 0.15) is 0 Å². The second-order valence-electron chi connectivity index (χ2n) is 5.30. The number of rotatable bonds is 1. The van der Waals surface area contributed by atoms with Crippen LogP contribution in [-0.2, 0) is 9.31 Å². The van der Waals surface area contributed by atoms with E-state index in [2.05, 4.69) is 44.0 Å². The molecule has 3 nitrogen and oxygen atoms in total. The highest BCUT2D eigenvalue weighted by Crippen LogP contribution is 2.21. The van der Waals surface area contributed by atoms with Crippen molar-refractivity contribution in [3.8, 4) is 0 Å². The Morgan fingerprint density at radius 3 is 2.88 bits per heavy atom. The minimum absolute atomic E-state index is 0.189. The van der Waals surface area contributed by atoms with E-state index in [1.807, 2.05) is 6.20 Å². The fourth-order valence-electron chi connectivity index (χ4n) is 2.32.